The number of carbonyl (C=O) groups excluding carboxylic acids is 5. The molecule has 4 atom stereocenters. The Labute approximate surface area is 435 Å². The van der Waals surface area contributed by atoms with E-state index < -0.39 is 41.3 Å². The van der Waals surface area contributed by atoms with Gasteiger partial charge in [-0.1, -0.05) is 57.2 Å². The van der Waals surface area contributed by atoms with Crippen molar-refractivity contribution >= 4 is 40.9 Å². The molecular weight excluding hydrogens is 965 g/mol. The summed E-state index contributed by atoms with van der Waals surface area (Å²) in [7, 11) is 1.55. The van der Waals surface area contributed by atoms with Gasteiger partial charge in [-0.15, -0.1) is 11.3 Å². The number of hydrogen-bond acceptors (Lipinski definition) is 13. The van der Waals surface area contributed by atoms with Crippen molar-refractivity contribution in [3.05, 3.63) is 106 Å². The molecule has 8 rings (SSSR count). The number of nitrogens with zero attached hydrogens (tertiary/aromatic N) is 4. The molecule has 3 aromatic carbocycles. The molecule has 5 amide bonds. The van der Waals surface area contributed by atoms with Gasteiger partial charge in [0.2, 0.25) is 23.6 Å². The van der Waals surface area contributed by atoms with Gasteiger partial charge in [0.15, 0.2) is 0 Å². The number of aryl methyl sites for hydroxylation is 4. The molecule has 0 saturated carbocycles. The van der Waals surface area contributed by atoms with Gasteiger partial charge >= 0.3 is 0 Å². The van der Waals surface area contributed by atoms with Crippen LogP contribution in [0.4, 0.5) is 0 Å². The highest BCUT2D eigenvalue weighted by Gasteiger charge is 2.44. The van der Waals surface area contributed by atoms with E-state index >= 15 is 0 Å². The average Bonchev–Trinajstić information content (AvgIpc) is 4.24. The van der Waals surface area contributed by atoms with Crippen LogP contribution in [-0.4, -0.2) is 125 Å². The van der Waals surface area contributed by atoms with Crippen LogP contribution in [0.25, 0.3) is 21.7 Å². The number of ether oxygens (including phenoxy) is 4. The van der Waals surface area contributed by atoms with Crippen LogP contribution in [-0.2, 0) is 54.6 Å². The Balaban J connectivity index is 0.718. The lowest BCUT2D eigenvalue weighted by Crippen LogP contribution is -2.58. The minimum atomic E-state index is -1.01. The summed E-state index contributed by atoms with van der Waals surface area (Å²) in [4.78, 5) is 78.3. The number of benzene rings is 3. The predicted octanol–water partition coefficient (Wildman–Crippen LogP) is 5.39. The lowest BCUT2D eigenvalue weighted by molar-refractivity contribution is -0.144. The molecule has 3 aliphatic rings. The summed E-state index contributed by atoms with van der Waals surface area (Å²) in [6.07, 6.45) is 5.58. The molecule has 0 unspecified atom stereocenters. The van der Waals surface area contributed by atoms with Gasteiger partial charge in [-0.2, -0.15) is 0 Å². The zero-order chi connectivity index (χ0) is 52.5. The molecule has 2 aromatic heterocycles. The zero-order valence-electron chi connectivity index (χ0n) is 43.1. The van der Waals surface area contributed by atoms with Gasteiger partial charge < -0.3 is 54.8 Å². The lowest BCUT2D eigenvalue weighted by Gasteiger charge is -2.35. The van der Waals surface area contributed by atoms with Crippen LogP contribution < -0.4 is 30.7 Å². The minimum Gasteiger partial charge on any atom is -0.496 e. The first-order valence-electron chi connectivity index (χ1n) is 25.3. The highest BCUT2D eigenvalue weighted by Crippen LogP contribution is 2.36. The summed E-state index contributed by atoms with van der Waals surface area (Å²) in [5.74, 6) is 0.178. The molecule has 5 aromatic rings. The van der Waals surface area contributed by atoms with Crippen molar-refractivity contribution in [1.29, 1.82) is 0 Å². The monoisotopic (exact) mass is 1030 g/mol. The van der Waals surface area contributed by atoms with E-state index in [1.54, 1.807) is 56.9 Å². The van der Waals surface area contributed by atoms with Crippen molar-refractivity contribution in [1.82, 2.24) is 40.7 Å². The van der Waals surface area contributed by atoms with Gasteiger partial charge in [0.25, 0.3) is 5.91 Å². The highest BCUT2D eigenvalue weighted by atomic mass is 32.1. The Morgan fingerprint density at radius 2 is 1.65 bits per heavy atom. The molecule has 394 valence electrons. The van der Waals surface area contributed by atoms with E-state index in [0.717, 1.165) is 82.1 Å². The molecule has 1 saturated heterocycles. The third-order valence-electron chi connectivity index (χ3n) is 13.7. The van der Waals surface area contributed by atoms with Crippen LogP contribution >= 0.6 is 11.3 Å². The Morgan fingerprint density at radius 1 is 0.905 bits per heavy atom. The van der Waals surface area contributed by atoms with Gasteiger partial charge in [0, 0.05) is 61.9 Å². The van der Waals surface area contributed by atoms with Gasteiger partial charge in [0.05, 0.1) is 60.9 Å². The first kappa shape index (κ1) is 53.6. The molecule has 19 heteroatoms. The van der Waals surface area contributed by atoms with E-state index in [2.05, 4.69) is 55.2 Å². The summed E-state index contributed by atoms with van der Waals surface area (Å²) in [5.41, 5.74) is 9.45. The number of rotatable bonds is 22. The normalized spacial score (nSPS) is 17.3. The molecular formula is C55H68N8O10S. The van der Waals surface area contributed by atoms with E-state index in [1.807, 2.05) is 38.1 Å². The SMILES string of the molecule is COc1cc(C(=O)N[C@@H]2CCc3ccc(-c4cn5c(n4)CCC5)cc32)cc(OCCCNC(=O)COCCOCC(=O)N[C@H](C(=O)N2C[C@H](O)C[C@H]2C(=O)NCc2ccc(-c3scnc3C)cc2)C(C)(C)C)c1C. The van der Waals surface area contributed by atoms with Crippen LogP contribution in [0, 0.1) is 19.3 Å². The summed E-state index contributed by atoms with van der Waals surface area (Å²) >= 11 is 1.56. The fraction of sp³-hybridized carbons (Fsp3) is 0.473. The number of nitrogens with one attached hydrogen (secondary N) is 4. The molecule has 0 bridgehead atoms. The molecule has 5 N–H and O–H groups in total. The Morgan fingerprint density at radius 3 is 2.36 bits per heavy atom. The van der Waals surface area contributed by atoms with E-state index in [0.29, 0.717) is 30.0 Å². The molecule has 74 heavy (non-hydrogen) atoms. The van der Waals surface area contributed by atoms with Crippen molar-refractivity contribution in [2.24, 2.45) is 5.41 Å². The number of imidazole rings is 1. The van der Waals surface area contributed by atoms with Gasteiger partial charge in [-0.3, -0.25) is 24.0 Å². The maximum Gasteiger partial charge on any atom is 0.252 e. The van der Waals surface area contributed by atoms with Crippen LogP contribution in [0.3, 0.4) is 0 Å². The summed E-state index contributed by atoms with van der Waals surface area (Å²) < 4.78 is 24.9. The molecule has 1 aliphatic carbocycles. The fourth-order valence-corrected chi connectivity index (χ4v) is 10.5. The Bertz CT molecular complexity index is 2800. The van der Waals surface area contributed by atoms with Crippen LogP contribution in [0.15, 0.2) is 66.3 Å². The number of thiazole rings is 1. The number of β-amino-alcohol motifs (C(OH)–C–C–N with tert-alkyl or cyclic N) is 1. The van der Waals surface area contributed by atoms with Crippen LogP contribution in [0.2, 0.25) is 0 Å². The number of aliphatic hydroxyl groups is 1. The number of likely N-dealkylation sites (tertiary alicyclic amines) is 1. The standard InChI is InChI=1S/C55H68N8O10S/c1-33-45(70-6)24-39(52(67)60-42-17-16-36-14-15-38(23-41(36)42)43-29-62-19-7-9-47(62)59-43)25-46(33)73-20-8-18-56-48(65)30-71-21-22-72-31-49(66)61-51(55(3,4)5)54(69)63-28-40(64)26-44(63)53(68)57-27-35-10-12-37(13-11-35)50-34(2)58-32-74-50/h10-15,23-25,29,32,40,42,44,51,64H,7-9,16-22,26-28,30-31H2,1-6H3,(H,56,65)(H,57,68)(H,60,67)(H,61,66)/t40-,42-,44+,51-/m1/s1. The van der Waals surface area contributed by atoms with E-state index in [4.69, 9.17) is 23.9 Å². The molecule has 0 spiro atoms. The van der Waals surface area contributed by atoms with Crippen LogP contribution in [0.5, 0.6) is 11.5 Å². The lowest BCUT2D eigenvalue weighted by atomic mass is 9.85. The van der Waals surface area contributed by atoms with Gasteiger partial charge in [0.1, 0.15) is 42.6 Å². The van der Waals surface area contributed by atoms with Gasteiger partial charge in [-0.25, -0.2) is 9.97 Å². The smallest absolute Gasteiger partial charge is 0.252 e. The maximum absolute atomic E-state index is 14.0. The van der Waals surface area contributed by atoms with Crippen molar-refractivity contribution in [2.75, 3.05) is 53.2 Å². The van der Waals surface area contributed by atoms with E-state index in [1.165, 1.54) is 10.5 Å². The topological polar surface area (TPSA) is 225 Å². The number of aliphatic hydroxyl groups excluding tert-OH is 1. The Kier molecular flexibility index (Phi) is 17.5. The molecule has 2 aliphatic heterocycles. The van der Waals surface area contributed by atoms with E-state index in [9.17, 15) is 29.1 Å². The van der Waals surface area contributed by atoms with Crippen molar-refractivity contribution in [2.45, 2.75) is 110 Å². The Hall–Kier alpha value is -6.67. The number of aromatic nitrogens is 3. The maximum atomic E-state index is 14.0. The second-order valence-corrected chi connectivity index (χ2v) is 21.1. The third-order valence-corrected chi connectivity index (χ3v) is 14.7. The summed E-state index contributed by atoms with van der Waals surface area (Å²) in [6, 6.07) is 15.6. The third kappa shape index (κ3) is 13.2. The number of fused-ring (bicyclic) bond motifs is 2. The first-order valence-corrected chi connectivity index (χ1v) is 26.2. The largest absolute Gasteiger partial charge is 0.496 e. The minimum absolute atomic E-state index is 0.0131. The zero-order valence-corrected chi connectivity index (χ0v) is 43.9. The van der Waals surface area contributed by atoms with Crippen molar-refractivity contribution in [3.63, 3.8) is 0 Å². The molecule has 0 radical (unpaired) electrons. The number of hydrogen-bond donors (Lipinski definition) is 5. The summed E-state index contributed by atoms with van der Waals surface area (Å²) in [6.45, 7) is 10.5. The number of carbonyl (C=O) groups is 5. The van der Waals surface area contributed by atoms with Crippen molar-refractivity contribution < 1.29 is 48.0 Å². The predicted molar refractivity (Wildman–Crippen MR) is 279 cm³/mol. The van der Waals surface area contributed by atoms with Crippen LogP contribution in [0.1, 0.15) is 96.6 Å². The first-order chi connectivity index (χ1) is 35.6. The second kappa shape index (κ2) is 24.1. The second-order valence-electron chi connectivity index (χ2n) is 20.2. The molecule has 18 nitrogen and oxygen atoms in total. The summed E-state index contributed by atoms with van der Waals surface area (Å²) in [5, 5.41) is 22.3. The van der Waals surface area contributed by atoms with Crippen molar-refractivity contribution in [3.8, 4) is 33.2 Å². The molecule has 1 fully saturated rings. The van der Waals surface area contributed by atoms with Gasteiger partial charge in [-0.05, 0) is 85.4 Å². The average molecular weight is 1030 g/mol. The number of amides is 5. The fourth-order valence-electron chi connectivity index (χ4n) is 9.67. The van der Waals surface area contributed by atoms with E-state index in [-0.39, 0.29) is 70.4 Å². The molecule has 4 heterocycles. The number of methoxy groups -OCH3 is 1. The quantitative estimate of drug-likeness (QED) is 0.0551. The highest BCUT2D eigenvalue weighted by molar-refractivity contribution is 7.13.